The van der Waals surface area contributed by atoms with Crippen LogP contribution >= 0.6 is 43.6 Å². The topological polar surface area (TPSA) is 80.9 Å². The van der Waals surface area contributed by atoms with E-state index in [9.17, 15) is 4.79 Å². The van der Waals surface area contributed by atoms with Gasteiger partial charge in [0.1, 0.15) is 0 Å². The van der Waals surface area contributed by atoms with Gasteiger partial charge in [-0.05, 0) is 46.3 Å². The fraction of sp³-hybridized carbons (Fsp3) is 0.0667. The molecule has 24 heavy (non-hydrogen) atoms. The summed E-state index contributed by atoms with van der Waals surface area (Å²) >= 11 is 7.95. The normalized spacial score (nSPS) is 10.6. The van der Waals surface area contributed by atoms with Crippen LogP contribution in [0.1, 0.15) is 0 Å². The van der Waals surface area contributed by atoms with Crippen molar-refractivity contribution in [3.8, 4) is 11.5 Å². The molecule has 3 rings (SSSR count). The molecule has 2 heterocycles. The molecule has 0 spiro atoms. The second kappa shape index (κ2) is 7.91. The Morgan fingerprint density at radius 1 is 1.17 bits per heavy atom. The summed E-state index contributed by atoms with van der Waals surface area (Å²) in [4.78, 5) is 16.0. The molecule has 122 valence electrons. The van der Waals surface area contributed by atoms with Crippen LogP contribution in [0.3, 0.4) is 0 Å². The van der Waals surface area contributed by atoms with Crippen molar-refractivity contribution in [3.63, 3.8) is 0 Å². The maximum absolute atomic E-state index is 12.1. The average Bonchev–Trinajstić information content (AvgIpc) is 3.06. The van der Waals surface area contributed by atoms with Gasteiger partial charge in [-0.2, -0.15) is 0 Å². The highest BCUT2D eigenvalue weighted by molar-refractivity contribution is 9.11. The molecular weight excluding hydrogens is 460 g/mol. The molecule has 0 aliphatic rings. The molecule has 0 aliphatic carbocycles. The minimum absolute atomic E-state index is 0.164. The zero-order chi connectivity index (χ0) is 16.9. The van der Waals surface area contributed by atoms with Crippen LogP contribution in [-0.4, -0.2) is 26.8 Å². The summed E-state index contributed by atoms with van der Waals surface area (Å²) < 4.78 is 7.22. The average molecular weight is 470 g/mol. The van der Waals surface area contributed by atoms with E-state index < -0.39 is 0 Å². The van der Waals surface area contributed by atoms with Gasteiger partial charge in [-0.15, -0.1) is 10.2 Å². The first-order valence-corrected chi connectivity index (χ1v) is 9.30. The van der Waals surface area contributed by atoms with Gasteiger partial charge in [-0.25, -0.2) is 0 Å². The van der Waals surface area contributed by atoms with Gasteiger partial charge in [0, 0.05) is 26.9 Å². The molecule has 0 saturated heterocycles. The summed E-state index contributed by atoms with van der Waals surface area (Å²) in [5, 5.41) is 11.1. The molecule has 2 aromatic heterocycles. The Labute approximate surface area is 158 Å². The lowest BCUT2D eigenvalue weighted by Crippen LogP contribution is -2.14. The predicted molar refractivity (Wildman–Crippen MR) is 98.7 cm³/mol. The number of amides is 1. The molecule has 0 fully saturated rings. The van der Waals surface area contributed by atoms with Gasteiger partial charge in [-0.3, -0.25) is 9.78 Å². The number of hydrogen-bond acceptors (Lipinski definition) is 6. The number of aromatic nitrogens is 3. The Hall–Kier alpha value is -1.71. The van der Waals surface area contributed by atoms with Gasteiger partial charge in [0.15, 0.2) is 0 Å². The Kier molecular flexibility index (Phi) is 5.64. The lowest BCUT2D eigenvalue weighted by molar-refractivity contribution is -0.113. The van der Waals surface area contributed by atoms with Crippen molar-refractivity contribution in [2.75, 3.05) is 11.1 Å². The van der Waals surface area contributed by atoms with Crippen LogP contribution in [0.15, 0.2) is 61.3 Å². The minimum Gasteiger partial charge on any atom is -0.411 e. The fourth-order valence-corrected chi connectivity index (χ4v) is 3.06. The van der Waals surface area contributed by atoms with Crippen LogP contribution in [0.5, 0.6) is 0 Å². The first-order chi connectivity index (χ1) is 11.6. The van der Waals surface area contributed by atoms with Gasteiger partial charge < -0.3 is 9.73 Å². The molecule has 0 unspecified atom stereocenters. The second-order valence-electron chi connectivity index (χ2n) is 4.57. The van der Waals surface area contributed by atoms with Crippen molar-refractivity contribution >= 4 is 55.2 Å². The molecule has 0 atom stereocenters. The molecule has 3 aromatic rings. The molecule has 9 heteroatoms. The number of halogens is 2. The first-order valence-electron chi connectivity index (χ1n) is 6.73. The smallest absolute Gasteiger partial charge is 0.277 e. The number of thioether (sulfide) groups is 1. The second-order valence-corrected chi connectivity index (χ2v) is 7.27. The lowest BCUT2D eigenvalue weighted by Gasteiger charge is -2.06. The van der Waals surface area contributed by atoms with Crippen LogP contribution in [0.25, 0.3) is 11.5 Å². The summed E-state index contributed by atoms with van der Waals surface area (Å²) in [6.45, 7) is 0. The highest BCUT2D eigenvalue weighted by atomic mass is 79.9. The summed E-state index contributed by atoms with van der Waals surface area (Å²) in [6, 6.07) is 9.11. The number of anilines is 1. The van der Waals surface area contributed by atoms with E-state index in [1.807, 2.05) is 18.2 Å². The first kappa shape index (κ1) is 17.1. The van der Waals surface area contributed by atoms with Gasteiger partial charge in [0.2, 0.25) is 11.8 Å². The Morgan fingerprint density at radius 3 is 2.75 bits per heavy atom. The maximum atomic E-state index is 12.1. The van der Waals surface area contributed by atoms with E-state index in [0.29, 0.717) is 16.8 Å². The summed E-state index contributed by atoms with van der Waals surface area (Å²) in [5.41, 5.74) is 1.48. The molecule has 1 N–H and O–H groups in total. The third kappa shape index (κ3) is 4.43. The molecule has 0 saturated carbocycles. The monoisotopic (exact) mass is 468 g/mol. The Bertz CT molecular complexity index is 858. The van der Waals surface area contributed by atoms with Gasteiger partial charge in [0.25, 0.3) is 5.22 Å². The summed E-state index contributed by atoms with van der Waals surface area (Å²) in [5.74, 6) is 0.397. The van der Waals surface area contributed by atoms with Crippen LogP contribution in [0.2, 0.25) is 0 Å². The van der Waals surface area contributed by atoms with Crippen molar-refractivity contribution in [2.45, 2.75) is 5.22 Å². The minimum atomic E-state index is -0.164. The van der Waals surface area contributed by atoms with Crippen molar-refractivity contribution in [3.05, 3.63) is 51.7 Å². The quantitative estimate of drug-likeness (QED) is 0.558. The van der Waals surface area contributed by atoms with E-state index in [1.54, 1.807) is 24.5 Å². The van der Waals surface area contributed by atoms with Crippen LogP contribution in [-0.2, 0) is 4.79 Å². The third-order valence-electron chi connectivity index (χ3n) is 2.86. The molecule has 6 nitrogen and oxygen atoms in total. The zero-order valence-corrected chi connectivity index (χ0v) is 16.1. The maximum Gasteiger partial charge on any atom is 0.277 e. The summed E-state index contributed by atoms with van der Waals surface area (Å²) in [7, 11) is 0. The van der Waals surface area contributed by atoms with Crippen molar-refractivity contribution in [2.24, 2.45) is 0 Å². The number of carbonyl (C=O) groups is 1. The number of nitrogens with zero attached hydrogens (tertiary/aromatic N) is 3. The number of carbonyl (C=O) groups excluding carboxylic acids is 1. The number of nitrogens with one attached hydrogen (secondary N) is 1. The van der Waals surface area contributed by atoms with Gasteiger partial charge in [0.05, 0.1) is 11.4 Å². The number of benzene rings is 1. The number of pyridine rings is 1. The van der Waals surface area contributed by atoms with Gasteiger partial charge >= 0.3 is 0 Å². The molecule has 1 amide bonds. The van der Waals surface area contributed by atoms with E-state index in [2.05, 4.69) is 52.4 Å². The summed E-state index contributed by atoms with van der Waals surface area (Å²) in [6.07, 6.45) is 3.30. The number of hydrogen-bond donors (Lipinski definition) is 1. The van der Waals surface area contributed by atoms with Crippen molar-refractivity contribution in [1.82, 2.24) is 15.2 Å². The highest BCUT2D eigenvalue weighted by Gasteiger charge is 2.12. The predicted octanol–water partition coefficient (Wildman–Crippen LogP) is 4.39. The van der Waals surface area contributed by atoms with Gasteiger partial charge in [-0.1, -0.05) is 27.7 Å². The van der Waals surface area contributed by atoms with Crippen LogP contribution < -0.4 is 5.32 Å². The van der Waals surface area contributed by atoms with Crippen LogP contribution in [0, 0.1) is 0 Å². The van der Waals surface area contributed by atoms with E-state index in [0.717, 1.165) is 14.5 Å². The number of rotatable bonds is 5. The van der Waals surface area contributed by atoms with E-state index in [1.165, 1.54) is 11.8 Å². The molecule has 1 aromatic carbocycles. The molecule has 0 radical (unpaired) electrons. The van der Waals surface area contributed by atoms with Crippen LogP contribution in [0.4, 0.5) is 5.69 Å². The Balaban J connectivity index is 1.59. The molecule has 0 bridgehead atoms. The van der Waals surface area contributed by atoms with Crippen molar-refractivity contribution in [1.29, 1.82) is 0 Å². The Morgan fingerprint density at radius 2 is 1.96 bits per heavy atom. The highest BCUT2D eigenvalue weighted by Crippen LogP contribution is 2.27. The van der Waals surface area contributed by atoms with E-state index >= 15 is 0 Å². The molecule has 0 aliphatic heterocycles. The van der Waals surface area contributed by atoms with E-state index in [4.69, 9.17) is 4.42 Å². The largest absolute Gasteiger partial charge is 0.411 e. The van der Waals surface area contributed by atoms with Crippen molar-refractivity contribution < 1.29 is 9.21 Å². The van der Waals surface area contributed by atoms with E-state index in [-0.39, 0.29) is 11.7 Å². The molecular formula is C15H10Br2N4O2S. The third-order valence-corrected chi connectivity index (χ3v) is 4.87. The lowest BCUT2D eigenvalue weighted by atomic mass is 10.3. The standard InChI is InChI=1S/C15H10Br2N4O2S/c16-10-1-2-11(17)12(7-10)19-13(22)8-24-15-21-20-14(23-15)9-3-5-18-6-4-9/h1-7H,8H2,(H,19,22). The SMILES string of the molecule is O=C(CSc1nnc(-c2ccncc2)o1)Nc1cc(Br)ccc1Br. The zero-order valence-electron chi connectivity index (χ0n) is 12.1. The fourth-order valence-electron chi connectivity index (χ4n) is 1.79.